The van der Waals surface area contributed by atoms with Crippen LogP contribution in [-0.2, 0) is 4.43 Å². The zero-order valence-electron chi connectivity index (χ0n) is 9.61. The second kappa shape index (κ2) is 6.25. The van der Waals surface area contributed by atoms with Crippen LogP contribution in [-0.4, -0.2) is 14.6 Å². The van der Waals surface area contributed by atoms with Gasteiger partial charge in [-0.3, -0.25) is 0 Å². The minimum atomic E-state index is -0.558. The largest absolute Gasteiger partial charge is 0.508 e. The van der Waals surface area contributed by atoms with Crippen molar-refractivity contribution >= 4 is 21.4 Å². The van der Waals surface area contributed by atoms with Crippen LogP contribution in [0, 0.1) is 12.0 Å². The van der Waals surface area contributed by atoms with E-state index in [1.165, 1.54) is 12.8 Å². The molecule has 0 saturated heterocycles. The molecule has 0 bridgehead atoms. The molecule has 0 spiro atoms. The smallest absolute Gasteiger partial charge is 0.236 e. The summed E-state index contributed by atoms with van der Waals surface area (Å²) in [5.74, 6) is 2.95. The van der Waals surface area contributed by atoms with Crippen molar-refractivity contribution in [2.45, 2.75) is 50.4 Å². The zero-order valence-corrected chi connectivity index (χ0v) is 11.8. The Balaban J connectivity index is 2.18. The Morgan fingerprint density at radius 3 is 2.80 bits per heavy atom. The number of allylic oxidation sites excluding steroid dienone is 2. The third-order valence-corrected chi connectivity index (χ3v) is 5.30. The Hall–Kier alpha value is -0.393. The van der Waals surface area contributed by atoms with Crippen molar-refractivity contribution in [3.8, 4) is 12.0 Å². The van der Waals surface area contributed by atoms with E-state index in [4.69, 9.17) is 16.0 Å². The molecule has 0 amide bonds. The van der Waals surface area contributed by atoms with Gasteiger partial charge in [0.1, 0.15) is 0 Å². The fourth-order valence-electron chi connectivity index (χ4n) is 1.73. The first kappa shape index (κ1) is 12.7. The summed E-state index contributed by atoms with van der Waals surface area (Å²) in [7, 11) is -0.558. The van der Waals surface area contributed by atoms with E-state index < -0.39 is 9.76 Å². The first-order valence-electron chi connectivity index (χ1n) is 5.61. The van der Waals surface area contributed by atoms with Crippen LogP contribution < -0.4 is 0 Å². The summed E-state index contributed by atoms with van der Waals surface area (Å²) in [6, 6.07) is 1.05. The fourth-order valence-corrected chi connectivity index (χ4v) is 3.37. The monoisotopic (exact) mass is 242 g/mol. The van der Waals surface area contributed by atoms with Gasteiger partial charge in [-0.25, -0.2) is 0 Å². The number of hydrogen-bond donors (Lipinski definition) is 0. The summed E-state index contributed by atoms with van der Waals surface area (Å²) in [6.45, 7) is 3.96. The van der Waals surface area contributed by atoms with Crippen LogP contribution in [0.25, 0.3) is 0 Å². The minimum absolute atomic E-state index is 0.0591. The van der Waals surface area contributed by atoms with Crippen molar-refractivity contribution in [3.63, 3.8) is 0 Å². The molecule has 1 nitrogen and oxygen atoms in total. The lowest BCUT2D eigenvalue weighted by Gasteiger charge is -2.18. The highest BCUT2D eigenvalue weighted by atomic mass is 35.5. The summed E-state index contributed by atoms with van der Waals surface area (Å²) in [6.07, 6.45) is 9.62. The quantitative estimate of drug-likeness (QED) is 0.320. The molecule has 1 saturated carbocycles. The van der Waals surface area contributed by atoms with Gasteiger partial charge in [-0.05, 0) is 44.2 Å². The second-order valence-corrected chi connectivity index (χ2v) is 6.15. The SMILES string of the molecule is CC=C(C)C#CO[SiH2]CC1(Cl)CCCC1. The molecule has 0 heterocycles. The van der Waals surface area contributed by atoms with Crippen LogP contribution in [0.15, 0.2) is 11.6 Å². The van der Waals surface area contributed by atoms with Gasteiger partial charge >= 0.3 is 0 Å². The van der Waals surface area contributed by atoms with Crippen LogP contribution in [0.4, 0.5) is 0 Å². The summed E-state index contributed by atoms with van der Waals surface area (Å²) >= 11 is 6.43. The van der Waals surface area contributed by atoms with Crippen LogP contribution in [0.3, 0.4) is 0 Å². The van der Waals surface area contributed by atoms with Crippen molar-refractivity contribution in [3.05, 3.63) is 11.6 Å². The molecule has 1 fully saturated rings. The standard InChI is InChI=1S/C12H19ClOSi/c1-3-11(2)6-9-14-15-10-12(13)7-4-5-8-12/h3H,4-5,7-8,10,15H2,1-2H3. The van der Waals surface area contributed by atoms with Crippen LogP contribution >= 0.6 is 11.6 Å². The number of halogens is 1. The molecule has 0 radical (unpaired) electrons. The van der Waals surface area contributed by atoms with Crippen molar-refractivity contribution in [1.82, 2.24) is 0 Å². The highest BCUT2D eigenvalue weighted by Crippen LogP contribution is 2.38. The molecule has 0 aromatic heterocycles. The lowest BCUT2D eigenvalue weighted by Crippen LogP contribution is -2.18. The predicted octanol–water partition coefficient (Wildman–Crippen LogP) is 2.98. The molecule has 3 heteroatoms. The van der Waals surface area contributed by atoms with Crippen molar-refractivity contribution in [2.24, 2.45) is 0 Å². The lowest BCUT2D eigenvalue weighted by atomic mass is 10.1. The molecular weight excluding hydrogens is 224 g/mol. The summed E-state index contributed by atoms with van der Waals surface area (Å²) in [5, 5.41) is 0. The van der Waals surface area contributed by atoms with Crippen LogP contribution in [0.1, 0.15) is 39.5 Å². The van der Waals surface area contributed by atoms with Gasteiger partial charge in [0.05, 0.1) is 6.11 Å². The van der Waals surface area contributed by atoms with Crippen LogP contribution in [0.2, 0.25) is 6.04 Å². The Kier molecular flexibility index (Phi) is 5.28. The highest BCUT2D eigenvalue weighted by molar-refractivity contribution is 6.34. The Morgan fingerprint density at radius 2 is 2.20 bits per heavy atom. The number of alkyl halides is 1. The normalized spacial score (nSPS) is 20.3. The Labute approximate surface area is 100 Å². The van der Waals surface area contributed by atoms with Crippen molar-refractivity contribution < 1.29 is 4.43 Å². The molecule has 84 valence electrons. The maximum atomic E-state index is 6.43. The Morgan fingerprint density at radius 1 is 1.53 bits per heavy atom. The maximum Gasteiger partial charge on any atom is 0.236 e. The van der Waals surface area contributed by atoms with E-state index in [0.717, 1.165) is 24.5 Å². The summed E-state index contributed by atoms with van der Waals surface area (Å²) in [5.41, 5.74) is 1.06. The summed E-state index contributed by atoms with van der Waals surface area (Å²) < 4.78 is 5.39. The van der Waals surface area contributed by atoms with Gasteiger partial charge in [0.15, 0.2) is 0 Å². The van der Waals surface area contributed by atoms with E-state index in [0.29, 0.717) is 0 Å². The topological polar surface area (TPSA) is 9.23 Å². The molecule has 0 aliphatic heterocycles. The Bertz CT molecular complexity index is 282. The lowest BCUT2D eigenvalue weighted by molar-refractivity contribution is 0.533. The highest BCUT2D eigenvalue weighted by Gasteiger charge is 2.31. The van der Waals surface area contributed by atoms with Gasteiger partial charge in [-0.15, -0.1) is 11.6 Å². The third kappa shape index (κ3) is 4.77. The first-order chi connectivity index (χ1) is 7.16. The van der Waals surface area contributed by atoms with Gasteiger partial charge < -0.3 is 4.43 Å². The van der Waals surface area contributed by atoms with Gasteiger partial charge in [0.2, 0.25) is 9.76 Å². The number of hydrogen-bond acceptors (Lipinski definition) is 1. The van der Waals surface area contributed by atoms with Gasteiger partial charge in [-0.1, -0.05) is 18.9 Å². The third-order valence-electron chi connectivity index (χ3n) is 2.91. The first-order valence-corrected chi connectivity index (χ1v) is 7.56. The molecule has 15 heavy (non-hydrogen) atoms. The van der Waals surface area contributed by atoms with Crippen LogP contribution in [0.5, 0.6) is 0 Å². The second-order valence-electron chi connectivity index (χ2n) is 4.16. The molecule has 0 N–H and O–H groups in total. The molecule has 1 aliphatic carbocycles. The molecule has 0 aromatic rings. The van der Waals surface area contributed by atoms with E-state index in [9.17, 15) is 0 Å². The van der Waals surface area contributed by atoms with E-state index in [1.54, 1.807) is 0 Å². The summed E-state index contributed by atoms with van der Waals surface area (Å²) in [4.78, 5) is 0.0591. The molecule has 1 aliphatic rings. The fraction of sp³-hybridized carbons (Fsp3) is 0.667. The average Bonchev–Trinajstić information content (AvgIpc) is 2.64. The maximum absolute atomic E-state index is 6.43. The van der Waals surface area contributed by atoms with Crippen molar-refractivity contribution in [1.29, 1.82) is 0 Å². The van der Waals surface area contributed by atoms with E-state index in [1.807, 2.05) is 19.9 Å². The van der Waals surface area contributed by atoms with Gasteiger partial charge in [0.25, 0.3) is 0 Å². The molecule has 0 aromatic carbocycles. The van der Waals surface area contributed by atoms with E-state index in [-0.39, 0.29) is 4.87 Å². The molecule has 0 unspecified atom stereocenters. The molecule has 0 atom stereocenters. The predicted molar refractivity (Wildman–Crippen MR) is 68.7 cm³/mol. The molecule has 1 rings (SSSR count). The van der Waals surface area contributed by atoms with Gasteiger partial charge in [-0.2, -0.15) is 0 Å². The zero-order chi connectivity index (χ0) is 11.1. The molecular formula is C12H19ClOSi. The number of rotatable bonds is 3. The van der Waals surface area contributed by atoms with E-state index >= 15 is 0 Å². The van der Waals surface area contributed by atoms with Gasteiger partial charge in [0, 0.05) is 4.87 Å². The van der Waals surface area contributed by atoms with E-state index in [2.05, 4.69) is 12.0 Å². The average molecular weight is 243 g/mol. The minimum Gasteiger partial charge on any atom is -0.508 e. The van der Waals surface area contributed by atoms with Crippen molar-refractivity contribution in [2.75, 3.05) is 0 Å².